The molecule has 0 saturated carbocycles. The number of amides is 2. The van der Waals surface area contributed by atoms with Gasteiger partial charge >= 0.3 is 0 Å². The number of hydrogen-bond acceptors (Lipinski definition) is 5. The number of sulfonamides is 1. The van der Waals surface area contributed by atoms with Crippen LogP contribution in [-0.4, -0.2) is 49.5 Å². The quantitative estimate of drug-likeness (QED) is 0.339. The summed E-state index contributed by atoms with van der Waals surface area (Å²) in [7, 11) is -4.09. The predicted octanol–water partition coefficient (Wildman–Crippen LogP) is 5.24. The van der Waals surface area contributed by atoms with E-state index in [4.69, 9.17) is 0 Å². The van der Waals surface area contributed by atoms with Crippen molar-refractivity contribution in [3.8, 4) is 0 Å². The number of thioether (sulfide) groups is 1. The van der Waals surface area contributed by atoms with Crippen molar-refractivity contribution in [2.45, 2.75) is 62.5 Å². The standard InChI is InChI=1S/C30H37N3O4S2/c1-22-12-14-25(15-13-22)33(39(36,37)27-18-16-26(38-6)17-19-27)21-28(34)32(20-24-10-8-7-9-11-24)23(2)29(35)31-30(3,4)5/h7-19,23H,20-21H2,1-6H3,(H,31,35)/t23-/m1/s1. The lowest BCUT2D eigenvalue weighted by atomic mass is 10.1. The van der Waals surface area contributed by atoms with Gasteiger partial charge in [-0.15, -0.1) is 11.8 Å². The third-order valence-electron chi connectivity index (χ3n) is 6.11. The fourth-order valence-corrected chi connectivity index (χ4v) is 5.77. The van der Waals surface area contributed by atoms with Crippen molar-refractivity contribution in [2.75, 3.05) is 17.1 Å². The maximum absolute atomic E-state index is 13.9. The number of anilines is 1. The van der Waals surface area contributed by atoms with Gasteiger partial charge in [0.25, 0.3) is 10.0 Å². The van der Waals surface area contributed by atoms with Crippen LogP contribution in [0.2, 0.25) is 0 Å². The Balaban J connectivity index is 2.02. The molecule has 9 heteroatoms. The van der Waals surface area contributed by atoms with Crippen molar-refractivity contribution in [1.29, 1.82) is 0 Å². The van der Waals surface area contributed by atoms with Gasteiger partial charge in [0.1, 0.15) is 12.6 Å². The van der Waals surface area contributed by atoms with Gasteiger partial charge in [0, 0.05) is 17.0 Å². The van der Waals surface area contributed by atoms with E-state index in [1.807, 2.05) is 64.3 Å². The Hall–Kier alpha value is -3.30. The molecule has 3 aromatic rings. The molecule has 3 rings (SSSR count). The number of aryl methyl sites for hydroxylation is 1. The average molecular weight is 568 g/mol. The zero-order chi connectivity index (χ0) is 28.8. The van der Waals surface area contributed by atoms with Gasteiger partial charge in [0.05, 0.1) is 10.6 Å². The molecule has 1 N–H and O–H groups in total. The van der Waals surface area contributed by atoms with Gasteiger partial charge in [-0.2, -0.15) is 0 Å². The Labute approximate surface area is 236 Å². The highest BCUT2D eigenvalue weighted by atomic mass is 32.2. The van der Waals surface area contributed by atoms with Crippen molar-refractivity contribution in [2.24, 2.45) is 0 Å². The van der Waals surface area contributed by atoms with Crippen molar-refractivity contribution in [3.63, 3.8) is 0 Å². The number of nitrogens with one attached hydrogen (secondary N) is 1. The second-order valence-corrected chi connectivity index (χ2v) is 13.2. The van der Waals surface area contributed by atoms with Crippen LogP contribution in [0, 0.1) is 6.92 Å². The van der Waals surface area contributed by atoms with E-state index in [0.717, 1.165) is 20.3 Å². The Bertz CT molecular complexity index is 1370. The fraction of sp³-hybridized carbons (Fsp3) is 0.333. The van der Waals surface area contributed by atoms with Gasteiger partial charge in [-0.3, -0.25) is 13.9 Å². The maximum Gasteiger partial charge on any atom is 0.264 e. The van der Waals surface area contributed by atoms with Crippen molar-refractivity contribution in [3.05, 3.63) is 90.0 Å². The first-order valence-electron chi connectivity index (χ1n) is 12.7. The lowest BCUT2D eigenvalue weighted by molar-refractivity contribution is -0.140. The summed E-state index contributed by atoms with van der Waals surface area (Å²) < 4.78 is 28.9. The molecule has 0 saturated heterocycles. The van der Waals surface area contributed by atoms with Crippen LogP contribution in [0.4, 0.5) is 5.69 Å². The minimum atomic E-state index is -4.09. The number of carbonyl (C=O) groups excluding carboxylic acids is 2. The van der Waals surface area contributed by atoms with Gasteiger partial charge in [-0.1, -0.05) is 48.0 Å². The molecule has 7 nitrogen and oxygen atoms in total. The van der Waals surface area contributed by atoms with Crippen LogP contribution in [0.5, 0.6) is 0 Å². The normalized spacial score (nSPS) is 12.5. The highest BCUT2D eigenvalue weighted by Gasteiger charge is 2.33. The molecule has 1 atom stereocenters. The molecule has 0 fully saturated rings. The van der Waals surface area contributed by atoms with Gasteiger partial charge < -0.3 is 10.2 Å². The molecule has 2 amide bonds. The van der Waals surface area contributed by atoms with Gasteiger partial charge in [-0.25, -0.2) is 8.42 Å². The summed E-state index contributed by atoms with van der Waals surface area (Å²) in [5, 5.41) is 2.93. The van der Waals surface area contributed by atoms with Gasteiger partial charge in [0.15, 0.2) is 0 Å². The zero-order valence-electron chi connectivity index (χ0n) is 23.3. The van der Waals surface area contributed by atoms with Crippen LogP contribution < -0.4 is 9.62 Å². The van der Waals surface area contributed by atoms with Crippen molar-refractivity contribution < 1.29 is 18.0 Å². The maximum atomic E-state index is 13.9. The Kier molecular flexibility index (Phi) is 9.85. The summed E-state index contributed by atoms with van der Waals surface area (Å²) in [5.74, 6) is -0.801. The third kappa shape index (κ3) is 8.10. The second-order valence-electron chi connectivity index (χ2n) is 10.4. The van der Waals surface area contributed by atoms with Gasteiger partial charge in [0.2, 0.25) is 11.8 Å². The topological polar surface area (TPSA) is 86.8 Å². The summed E-state index contributed by atoms with van der Waals surface area (Å²) >= 11 is 1.51. The lowest BCUT2D eigenvalue weighted by Gasteiger charge is -2.33. The second kappa shape index (κ2) is 12.7. The smallest absolute Gasteiger partial charge is 0.264 e. The monoisotopic (exact) mass is 567 g/mol. The van der Waals surface area contributed by atoms with Crippen LogP contribution >= 0.6 is 11.8 Å². The first kappa shape index (κ1) is 30.2. The van der Waals surface area contributed by atoms with Crippen LogP contribution in [0.25, 0.3) is 0 Å². The molecule has 0 aliphatic rings. The predicted molar refractivity (Wildman–Crippen MR) is 158 cm³/mol. The van der Waals surface area contributed by atoms with Crippen LogP contribution in [0.15, 0.2) is 88.7 Å². The zero-order valence-corrected chi connectivity index (χ0v) is 25.0. The molecule has 0 spiro atoms. The first-order valence-corrected chi connectivity index (χ1v) is 15.4. The summed E-state index contributed by atoms with van der Waals surface area (Å²) in [6.45, 7) is 8.87. The van der Waals surface area contributed by atoms with Crippen molar-refractivity contribution in [1.82, 2.24) is 10.2 Å². The molecule has 0 aliphatic heterocycles. The van der Waals surface area contributed by atoms with E-state index in [-0.39, 0.29) is 17.3 Å². The largest absolute Gasteiger partial charge is 0.350 e. The summed E-state index contributed by atoms with van der Waals surface area (Å²) in [4.78, 5) is 29.5. The first-order chi connectivity index (χ1) is 18.3. The van der Waals surface area contributed by atoms with E-state index in [1.54, 1.807) is 55.5 Å². The average Bonchev–Trinajstić information content (AvgIpc) is 2.90. The van der Waals surface area contributed by atoms with E-state index in [9.17, 15) is 18.0 Å². The SMILES string of the molecule is CSc1ccc(S(=O)(=O)N(CC(=O)N(Cc2ccccc2)[C@H](C)C(=O)NC(C)(C)C)c2ccc(C)cc2)cc1. The minimum Gasteiger partial charge on any atom is -0.350 e. The minimum absolute atomic E-state index is 0.0850. The highest BCUT2D eigenvalue weighted by molar-refractivity contribution is 7.98. The van der Waals surface area contributed by atoms with E-state index in [0.29, 0.717) is 5.69 Å². The van der Waals surface area contributed by atoms with Gasteiger partial charge in [-0.05, 0) is 82.8 Å². The number of rotatable bonds is 10. The van der Waals surface area contributed by atoms with E-state index < -0.39 is 34.1 Å². The lowest BCUT2D eigenvalue weighted by Crippen LogP contribution is -2.54. The molecular formula is C30H37N3O4S2. The summed E-state index contributed by atoms with van der Waals surface area (Å²) in [5.41, 5.74) is 1.67. The number of benzene rings is 3. The molecule has 0 heterocycles. The molecule has 39 heavy (non-hydrogen) atoms. The molecule has 0 bridgehead atoms. The van der Waals surface area contributed by atoms with E-state index in [2.05, 4.69) is 5.32 Å². The summed E-state index contributed by atoms with van der Waals surface area (Å²) in [6.07, 6.45) is 1.92. The van der Waals surface area contributed by atoms with Crippen LogP contribution in [-0.2, 0) is 26.2 Å². The molecule has 3 aromatic carbocycles. The molecule has 0 aliphatic carbocycles. The number of nitrogens with zero attached hydrogens (tertiary/aromatic N) is 2. The Morgan fingerprint density at radius 3 is 2.05 bits per heavy atom. The van der Waals surface area contributed by atoms with E-state index >= 15 is 0 Å². The Morgan fingerprint density at radius 2 is 1.51 bits per heavy atom. The fourth-order valence-electron chi connectivity index (χ4n) is 3.95. The molecular weight excluding hydrogens is 530 g/mol. The van der Waals surface area contributed by atoms with Crippen LogP contribution in [0.3, 0.4) is 0 Å². The van der Waals surface area contributed by atoms with E-state index in [1.165, 1.54) is 16.7 Å². The van der Waals surface area contributed by atoms with Crippen molar-refractivity contribution >= 4 is 39.3 Å². The number of hydrogen-bond donors (Lipinski definition) is 1. The molecule has 0 radical (unpaired) electrons. The summed E-state index contributed by atoms with van der Waals surface area (Å²) in [6, 6.07) is 22.1. The Morgan fingerprint density at radius 1 is 0.923 bits per heavy atom. The number of carbonyl (C=O) groups is 2. The molecule has 208 valence electrons. The molecule has 0 aromatic heterocycles. The third-order valence-corrected chi connectivity index (χ3v) is 8.64. The highest BCUT2D eigenvalue weighted by Crippen LogP contribution is 2.26. The molecule has 0 unspecified atom stereocenters. The van der Waals surface area contributed by atoms with Crippen LogP contribution in [0.1, 0.15) is 38.8 Å².